The minimum Gasteiger partial charge on any atom is -0.351 e. The Morgan fingerprint density at radius 2 is 2.19 bits per heavy atom. The highest BCUT2D eigenvalue weighted by molar-refractivity contribution is 5.42. The molecule has 116 valence electrons. The number of fused-ring (bicyclic) bond motifs is 1. The van der Waals surface area contributed by atoms with Crippen LogP contribution in [0.25, 0.3) is 0 Å². The molecule has 2 atom stereocenters. The van der Waals surface area contributed by atoms with Gasteiger partial charge in [-0.2, -0.15) is 0 Å². The quantitative estimate of drug-likeness (QED) is 0.921. The second-order valence-electron chi connectivity index (χ2n) is 6.82. The number of aromatic nitrogens is 1. The first-order chi connectivity index (χ1) is 10.1. The van der Waals surface area contributed by atoms with Gasteiger partial charge in [0.05, 0.1) is 5.69 Å². The zero-order valence-electron chi connectivity index (χ0n) is 13.5. The van der Waals surface area contributed by atoms with Gasteiger partial charge in [-0.3, -0.25) is 4.90 Å². The van der Waals surface area contributed by atoms with Gasteiger partial charge in [-0.05, 0) is 38.4 Å². The molecule has 2 unspecified atom stereocenters. The number of pyridine rings is 1. The SMILES string of the molecule is CC(C)NCc1cccc(N2CC3CCCN3CC2C)n1. The van der Waals surface area contributed by atoms with E-state index in [9.17, 15) is 0 Å². The molecular weight excluding hydrogens is 260 g/mol. The third kappa shape index (κ3) is 3.38. The zero-order valence-corrected chi connectivity index (χ0v) is 13.5. The number of hydrogen-bond acceptors (Lipinski definition) is 4. The molecule has 2 fully saturated rings. The van der Waals surface area contributed by atoms with Crippen LogP contribution in [0.4, 0.5) is 5.82 Å². The lowest BCUT2D eigenvalue weighted by atomic mass is 10.1. The summed E-state index contributed by atoms with van der Waals surface area (Å²) in [5, 5.41) is 3.45. The van der Waals surface area contributed by atoms with Crippen LogP contribution < -0.4 is 10.2 Å². The molecule has 0 radical (unpaired) electrons. The summed E-state index contributed by atoms with van der Waals surface area (Å²) >= 11 is 0. The predicted octanol–water partition coefficient (Wildman–Crippen LogP) is 2.25. The van der Waals surface area contributed by atoms with Crippen LogP contribution in [0.2, 0.25) is 0 Å². The summed E-state index contributed by atoms with van der Waals surface area (Å²) in [4.78, 5) is 10.0. The molecule has 3 rings (SSSR count). The van der Waals surface area contributed by atoms with E-state index in [1.54, 1.807) is 0 Å². The fourth-order valence-corrected chi connectivity index (χ4v) is 3.54. The van der Waals surface area contributed by atoms with Crippen molar-refractivity contribution >= 4 is 5.82 Å². The Kier molecular flexibility index (Phi) is 4.45. The van der Waals surface area contributed by atoms with E-state index in [0.29, 0.717) is 12.1 Å². The summed E-state index contributed by atoms with van der Waals surface area (Å²) < 4.78 is 0. The zero-order chi connectivity index (χ0) is 14.8. The first-order valence-electron chi connectivity index (χ1n) is 8.33. The van der Waals surface area contributed by atoms with Crippen molar-refractivity contribution in [1.29, 1.82) is 0 Å². The van der Waals surface area contributed by atoms with Crippen molar-refractivity contribution in [2.45, 2.75) is 58.3 Å². The van der Waals surface area contributed by atoms with Crippen molar-refractivity contribution in [2.24, 2.45) is 0 Å². The Balaban J connectivity index is 1.71. The average Bonchev–Trinajstić information content (AvgIpc) is 2.91. The van der Waals surface area contributed by atoms with E-state index < -0.39 is 0 Å². The van der Waals surface area contributed by atoms with Gasteiger partial charge < -0.3 is 10.2 Å². The maximum absolute atomic E-state index is 4.88. The van der Waals surface area contributed by atoms with Gasteiger partial charge in [-0.15, -0.1) is 0 Å². The number of piperazine rings is 1. The molecule has 0 saturated carbocycles. The van der Waals surface area contributed by atoms with Crippen LogP contribution in [0.1, 0.15) is 39.3 Å². The van der Waals surface area contributed by atoms with Gasteiger partial charge >= 0.3 is 0 Å². The van der Waals surface area contributed by atoms with Crippen molar-refractivity contribution in [3.63, 3.8) is 0 Å². The molecule has 21 heavy (non-hydrogen) atoms. The normalized spacial score (nSPS) is 26.4. The van der Waals surface area contributed by atoms with Gasteiger partial charge in [0.2, 0.25) is 0 Å². The number of hydrogen-bond donors (Lipinski definition) is 1. The summed E-state index contributed by atoms with van der Waals surface area (Å²) in [7, 11) is 0. The lowest BCUT2D eigenvalue weighted by Gasteiger charge is -2.43. The second kappa shape index (κ2) is 6.32. The molecule has 1 aromatic heterocycles. The Labute approximate surface area is 128 Å². The van der Waals surface area contributed by atoms with E-state index in [-0.39, 0.29) is 0 Å². The Bertz CT molecular complexity index is 474. The van der Waals surface area contributed by atoms with E-state index >= 15 is 0 Å². The standard InChI is InChI=1S/C17H28N4/c1-13(2)18-10-15-6-4-8-17(19-15)21-12-16-7-5-9-20(16)11-14(21)3/h4,6,8,13-14,16,18H,5,7,9-12H2,1-3H3. The van der Waals surface area contributed by atoms with E-state index in [2.05, 4.69) is 54.1 Å². The van der Waals surface area contributed by atoms with Crippen molar-refractivity contribution in [3.05, 3.63) is 23.9 Å². The van der Waals surface area contributed by atoms with Crippen LogP contribution in [0.15, 0.2) is 18.2 Å². The molecule has 0 bridgehead atoms. The minimum atomic E-state index is 0.497. The molecule has 2 aliphatic heterocycles. The summed E-state index contributed by atoms with van der Waals surface area (Å²) in [6.45, 7) is 11.1. The van der Waals surface area contributed by atoms with Crippen LogP contribution in [0, 0.1) is 0 Å². The van der Waals surface area contributed by atoms with Gasteiger partial charge in [-0.1, -0.05) is 19.9 Å². The first kappa shape index (κ1) is 14.8. The third-order valence-corrected chi connectivity index (χ3v) is 4.72. The molecule has 1 aromatic rings. The number of nitrogens with one attached hydrogen (secondary N) is 1. The molecule has 0 aliphatic carbocycles. The van der Waals surface area contributed by atoms with Gasteiger partial charge in [0, 0.05) is 37.8 Å². The first-order valence-corrected chi connectivity index (χ1v) is 8.33. The Morgan fingerprint density at radius 1 is 1.33 bits per heavy atom. The molecule has 2 saturated heterocycles. The Hall–Kier alpha value is -1.13. The molecule has 2 aliphatic rings. The van der Waals surface area contributed by atoms with Gasteiger partial charge in [0.1, 0.15) is 5.82 Å². The van der Waals surface area contributed by atoms with Crippen molar-refractivity contribution < 1.29 is 0 Å². The fourth-order valence-electron chi connectivity index (χ4n) is 3.54. The highest BCUT2D eigenvalue weighted by Gasteiger charge is 2.34. The van der Waals surface area contributed by atoms with Crippen molar-refractivity contribution in [1.82, 2.24) is 15.2 Å². The summed E-state index contributed by atoms with van der Waals surface area (Å²) in [6, 6.07) is 8.22. The summed E-state index contributed by atoms with van der Waals surface area (Å²) in [6.07, 6.45) is 2.70. The number of nitrogens with zero attached hydrogens (tertiary/aromatic N) is 3. The van der Waals surface area contributed by atoms with Gasteiger partial charge in [0.25, 0.3) is 0 Å². The smallest absolute Gasteiger partial charge is 0.129 e. The lowest BCUT2D eigenvalue weighted by Crippen LogP contribution is -2.55. The fraction of sp³-hybridized carbons (Fsp3) is 0.706. The maximum atomic E-state index is 4.88. The van der Waals surface area contributed by atoms with Crippen LogP contribution >= 0.6 is 0 Å². The molecular formula is C17H28N4. The maximum Gasteiger partial charge on any atom is 0.129 e. The molecule has 4 heteroatoms. The molecule has 3 heterocycles. The van der Waals surface area contributed by atoms with Crippen molar-refractivity contribution in [3.8, 4) is 0 Å². The monoisotopic (exact) mass is 288 g/mol. The molecule has 0 aromatic carbocycles. The largest absolute Gasteiger partial charge is 0.351 e. The van der Waals surface area contributed by atoms with E-state index in [1.165, 1.54) is 25.9 Å². The molecule has 0 spiro atoms. The Morgan fingerprint density at radius 3 is 3.00 bits per heavy atom. The lowest BCUT2D eigenvalue weighted by molar-refractivity contribution is 0.202. The highest BCUT2D eigenvalue weighted by Crippen LogP contribution is 2.27. The van der Waals surface area contributed by atoms with Crippen LogP contribution in [0.3, 0.4) is 0 Å². The average molecular weight is 288 g/mol. The van der Waals surface area contributed by atoms with Crippen LogP contribution in [0.5, 0.6) is 0 Å². The summed E-state index contributed by atoms with van der Waals surface area (Å²) in [5.41, 5.74) is 1.14. The van der Waals surface area contributed by atoms with Crippen LogP contribution in [-0.4, -0.2) is 47.6 Å². The van der Waals surface area contributed by atoms with Crippen LogP contribution in [-0.2, 0) is 6.54 Å². The van der Waals surface area contributed by atoms with E-state index in [1.807, 2.05) is 0 Å². The predicted molar refractivity (Wildman–Crippen MR) is 87.6 cm³/mol. The topological polar surface area (TPSA) is 31.4 Å². The number of anilines is 1. The third-order valence-electron chi connectivity index (χ3n) is 4.72. The minimum absolute atomic E-state index is 0.497. The van der Waals surface area contributed by atoms with E-state index in [4.69, 9.17) is 4.98 Å². The molecule has 4 nitrogen and oxygen atoms in total. The highest BCUT2D eigenvalue weighted by atomic mass is 15.3. The number of rotatable bonds is 4. The van der Waals surface area contributed by atoms with E-state index in [0.717, 1.165) is 30.6 Å². The van der Waals surface area contributed by atoms with Crippen molar-refractivity contribution in [2.75, 3.05) is 24.5 Å². The molecule has 1 N–H and O–H groups in total. The molecule has 0 amide bonds. The second-order valence-corrected chi connectivity index (χ2v) is 6.82. The van der Waals surface area contributed by atoms with Gasteiger partial charge in [0.15, 0.2) is 0 Å². The van der Waals surface area contributed by atoms with Gasteiger partial charge in [-0.25, -0.2) is 4.98 Å². The summed E-state index contributed by atoms with van der Waals surface area (Å²) in [5.74, 6) is 1.15.